The molecule has 0 aromatic rings. The third-order valence-electron chi connectivity index (χ3n) is 15.4. The third-order valence-corrected chi connectivity index (χ3v) is 15.4. The van der Waals surface area contributed by atoms with E-state index in [-0.39, 0.29) is 66.2 Å². The number of carbonyl (C=O) groups excluding carboxylic acids is 4. The number of unbranched alkanes of at least 4 members (excludes halogenated alkanes) is 42. The van der Waals surface area contributed by atoms with Crippen molar-refractivity contribution in [1.29, 1.82) is 0 Å². The molecule has 0 aromatic heterocycles. The van der Waals surface area contributed by atoms with Crippen molar-refractivity contribution < 1.29 is 124 Å². The van der Waals surface area contributed by atoms with Gasteiger partial charge in [-0.3, -0.25) is 14.4 Å². The number of rotatable bonds is 61. The van der Waals surface area contributed by atoms with E-state index in [1.807, 2.05) is 0 Å². The number of carboxylic acids is 6. The molecule has 0 amide bonds. The van der Waals surface area contributed by atoms with E-state index in [1.54, 1.807) is 0 Å². The van der Waals surface area contributed by atoms with Gasteiger partial charge in [0.15, 0.2) is 18.3 Å². The Morgan fingerprint density at radius 1 is 0.323 bits per heavy atom. The number of carbonyl (C=O) groups is 8. The Bertz CT molecular complexity index is 1760. The van der Waals surface area contributed by atoms with Gasteiger partial charge in [-0.05, 0) is 25.7 Å². The van der Waals surface area contributed by atoms with Crippen LogP contribution in [-0.4, -0.2) is 178 Å². The first-order valence-electron chi connectivity index (χ1n) is 36.6. The maximum Gasteiger partial charge on any atom is 0.373 e. The van der Waals surface area contributed by atoms with Crippen LogP contribution in [0.15, 0.2) is 0 Å². The van der Waals surface area contributed by atoms with Gasteiger partial charge in [0.05, 0.1) is 19.6 Å². The van der Waals surface area contributed by atoms with E-state index in [1.165, 1.54) is 251 Å². The highest BCUT2D eigenvalue weighted by Gasteiger charge is 2.31. The largest absolute Gasteiger partial charge is 0.481 e. The van der Waals surface area contributed by atoms with Gasteiger partial charge >= 0.3 is 53.9 Å². The Morgan fingerprint density at radius 3 is 0.768 bits per heavy atom. The molecule has 0 bridgehead atoms. The molecule has 0 radical (unpaired) electrons. The van der Waals surface area contributed by atoms with Gasteiger partial charge in [-0.2, -0.15) is 9.59 Å². The predicted molar refractivity (Wildman–Crippen MR) is 384 cm³/mol. The molecule has 0 rings (SSSR count). The standard InChI is InChI=1S/C21H40O5.C19H38O2.C18H36O2.C6H10O6.C4H6O6.C3H8O2.CO2.2CH4/c1-2-3-4-5-6-7-8-9-10-11-12-13-14-15-16-17-18(20(23)24)19(22)21(25)26;1-3-4-5-6-7-8-9-10-11-12-13-14-15-16-17-18-19(20)21-2;1-2-3-4-5-6-7-8-9-10-11-12-13-14-15-16-17-18(19)20;7-2-1-3-12-6(11)4(8)5(9)10;5-1(3(7)8)2(6)4(9)10;4-2-1-3-5;2-1-3;;/h18-19,22H,2-17H2,1H3,(H,23,24)(H,25,26);3-18H2,1-2H3;2-17H2,1H3,(H,19,20);4,7-8H,1-3H2,(H,9,10);1-2,5-6H,(H,7,8)(H,9,10);4-5H,1-3H2;;2*1H4. The SMILES string of the molecule is C.C.CCCCCCCCCCCCCCCCCC(=O)O.CCCCCCCCCCCCCCCCCC(=O)OC.CCCCCCCCCCCCCCCCCC(C(=O)O)C(O)C(=O)O.O=C(O)C(O)C(=O)OCCCO.O=C(O)C(O)C(O)C(=O)O.O=C=O.OCCCO. The quantitative estimate of drug-likeness (QED) is 0.0153. The molecule has 0 aliphatic heterocycles. The first kappa shape index (κ1) is 112. The van der Waals surface area contributed by atoms with Crippen LogP contribution in [0.5, 0.6) is 0 Å². The Kier molecular flexibility index (Phi) is 108. The van der Waals surface area contributed by atoms with Gasteiger partial charge in [0.25, 0.3) is 0 Å². The fourth-order valence-corrected chi connectivity index (χ4v) is 9.47. The molecule has 0 aliphatic rings. The highest BCUT2D eigenvalue weighted by Crippen LogP contribution is 2.19. The predicted octanol–water partition coefficient (Wildman–Crippen LogP) is 14.4. The van der Waals surface area contributed by atoms with Crippen molar-refractivity contribution in [3.8, 4) is 0 Å². The number of esters is 2. The first-order chi connectivity index (χ1) is 46.5. The monoisotopic (exact) mass is 1440 g/mol. The average Bonchev–Trinajstić information content (AvgIpc) is 1.99. The van der Waals surface area contributed by atoms with Gasteiger partial charge in [0.2, 0.25) is 6.10 Å². The van der Waals surface area contributed by atoms with E-state index >= 15 is 0 Å². The summed E-state index contributed by atoms with van der Waals surface area (Å²) in [7, 11) is 1.47. The highest BCUT2D eigenvalue weighted by molar-refractivity contribution is 5.96. The highest BCUT2D eigenvalue weighted by atomic mass is 16.6. The van der Waals surface area contributed by atoms with E-state index in [0.717, 1.165) is 38.5 Å². The van der Waals surface area contributed by atoms with Crippen molar-refractivity contribution in [2.24, 2.45) is 5.92 Å². The van der Waals surface area contributed by atoms with Crippen LogP contribution in [-0.2, 0) is 57.4 Å². The summed E-state index contributed by atoms with van der Waals surface area (Å²) in [5, 5.41) is 109. The molecule has 5 unspecified atom stereocenters. The Hall–Kier alpha value is -5.14. The summed E-state index contributed by atoms with van der Waals surface area (Å²) in [5.41, 5.74) is 0. The van der Waals surface area contributed by atoms with Crippen molar-refractivity contribution in [1.82, 2.24) is 0 Å². The minimum atomic E-state index is -2.27. The molecule has 592 valence electrons. The van der Waals surface area contributed by atoms with Gasteiger partial charge in [-0.25, -0.2) is 24.0 Å². The zero-order valence-electron chi connectivity index (χ0n) is 60.3. The number of aliphatic hydroxyl groups is 7. The molecule has 0 saturated carbocycles. The lowest BCUT2D eigenvalue weighted by Gasteiger charge is -2.15. The van der Waals surface area contributed by atoms with E-state index in [4.69, 9.17) is 70.9 Å². The van der Waals surface area contributed by atoms with Gasteiger partial charge in [-0.15, -0.1) is 0 Å². The summed E-state index contributed by atoms with van der Waals surface area (Å²) >= 11 is 0. The number of aliphatic hydroxyl groups excluding tert-OH is 7. The lowest BCUT2D eigenvalue weighted by Crippen LogP contribution is -2.39. The van der Waals surface area contributed by atoms with Gasteiger partial charge < -0.3 is 75.9 Å². The zero-order chi connectivity index (χ0) is 74.8. The van der Waals surface area contributed by atoms with Crippen LogP contribution in [0.4, 0.5) is 0 Å². The number of hydrogen-bond acceptors (Lipinski definition) is 19. The van der Waals surface area contributed by atoms with E-state index < -0.39 is 72.1 Å². The van der Waals surface area contributed by atoms with Crippen LogP contribution < -0.4 is 0 Å². The molecule has 25 heteroatoms. The van der Waals surface area contributed by atoms with E-state index in [9.17, 15) is 43.5 Å². The molecule has 25 nitrogen and oxygen atoms in total. The van der Waals surface area contributed by atoms with Crippen molar-refractivity contribution >= 4 is 53.9 Å². The van der Waals surface area contributed by atoms with Crippen LogP contribution in [0.3, 0.4) is 0 Å². The fraction of sp³-hybridized carbons (Fsp3) is 0.878. The smallest absolute Gasteiger partial charge is 0.373 e. The molecule has 0 spiro atoms. The maximum atomic E-state index is 11.0. The molecule has 0 saturated heterocycles. The molecule has 5 atom stereocenters. The zero-order valence-corrected chi connectivity index (χ0v) is 60.3. The molecule has 0 heterocycles. The van der Waals surface area contributed by atoms with E-state index in [0.29, 0.717) is 25.7 Å². The van der Waals surface area contributed by atoms with Crippen LogP contribution in [0, 0.1) is 5.92 Å². The second kappa shape index (κ2) is 94.9. The summed E-state index contributed by atoms with van der Waals surface area (Å²) in [6.45, 7) is 6.73. The third kappa shape index (κ3) is 102. The van der Waals surface area contributed by atoms with Crippen molar-refractivity contribution in [3.63, 3.8) is 0 Å². The van der Waals surface area contributed by atoms with E-state index in [2.05, 4.69) is 30.2 Å². The molecule has 0 aromatic carbocycles. The van der Waals surface area contributed by atoms with Gasteiger partial charge in [-0.1, -0.05) is 312 Å². The lowest BCUT2D eigenvalue weighted by molar-refractivity contribution is -0.192. The van der Waals surface area contributed by atoms with Crippen LogP contribution in [0.2, 0.25) is 0 Å². The molecule has 99 heavy (non-hydrogen) atoms. The van der Waals surface area contributed by atoms with Crippen molar-refractivity contribution in [2.45, 2.75) is 381 Å². The van der Waals surface area contributed by atoms with Crippen LogP contribution in [0.1, 0.15) is 357 Å². The topological polar surface area (TPSA) is 452 Å². The number of methoxy groups -OCH3 is 1. The second-order valence-electron chi connectivity index (χ2n) is 24.3. The summed E-state index contributed by atoms with van der Waals surface area (Å²) in [4.78, 5) is 99.2. The normalized spacial score (nSPS) is 11.6. The van der Waals surface area contributed by atoms with Crippen LogP contribution in [0.25, 0.3) is 0 Å². The number of ether oxygens (including phenoxy) is 2. The number of carboxylic acid groups (broad SMARTS) is 6. The molecular weight excluding hydrogens is 1290 g/mol. The first-order valence-corrected chi connectivity index (χ1v) is 36.6. The van der Waals surface area contributed by atoms with Crippen molar-refractivity contribution in [3.05, 3.63) is 0 Å². The molecular formula is C74H146O25. The lowest BCUT2D eigenvalue weighted by atomic mass is 9.95. The molecule has 13 N–H and O–H groups in total. The summed E-state index contributed by atoms with van der Waals surface area (Å²) in [5.74, 6) is -11.0. The fourth-order valence-electron chi connectivity index (χ4n) is 9.47. The summed E-state index contributed by atoms with van der Waals surface area (Å²) in [6.07, 6.45) is 52.3. The van der Waals surface area contributed by atoms with Gasteiger partial charge in [0, 0.05) is 39.1 Å². The maximum absolute atomic E-state index is 11.0. The Balaban J connectivity index is -0.000000145. The average molecular weight is 1440 g/mol. The van der Waals surface area contributed by atoms with Gasteiger partial charge in [0.1, 0.15) is 0 Å². The minimum absolute atomic E-state index is 0. The second-order valence-corrected chi connectivity index (χ2v) is 24.3. The Labute approximate surface area is 596 Å². The number of aliphatic carboxylic acids is 6. The Morgan fingerprint density at radius 2 is 0.566 bits per heavy atom. The summed E-state index contributed by atoms with van der Waals surface area (Å²) < 4.78 is 8.91. The summed E-state index contributed by atoms with van der Waals surface area (Å²) in [6, 6.07) is 0. The van der Waals surface area contributed by atoms with Crippen LogP contribution >= 0.6 is 0 Å². The van der Waals surface area contributed by atoms with Crippen molar-refractivity contribution in [2.75, 3.05) is 33.5 Å². The molecule has 0 aliphatic carbocycles. The molecule has 0 fully saturated rings. The number of hydrogen-bond donors (Lipinski definition) is 13. The minimum Gasteiger partial charge on any atom is -0.481 e.